The zero-order valence-corrected chi connectivity index (χ0v) is 37.8. The first-order chi connectivity index (χ1) is 28.6. The van der Waals surface area contributed by atoms with Crippen LogP contribution in [0.3, 0.4) is 0 Å². The standard InChI is InChI=1S/C53H88O5/c1-4-7-10-13-16-18-20-22-24-26-28-30-32-34-36-39-42-45-48-56-49-51(58-53(55)47-44-41-37-15-12-9-6-3)50-57-52(54)46-43-40-38-35-33-31-29-27-25-23-21-19-17-14-11-8-5-2/h7-8,10-11,16-19,22-25,28,30,34,36,51H,4-6,9,12-15,20-21,26-27,29,31-33,35,37-50H2,1-3H3/b10-7-,11-8-,18-16-,19-17-,24-22-,25-23-,30-28-,36-34-. The minimum Gasteiger partial charge on any atom is -0.462 e. The van der Waals surface area contributed by atoms with E-state index >= 15 is 0 Å². The second kappa shape index (κ2) is 48.2. The van der Waals surface area contributed by atoms with Crippen LogP contribution in [0.1, 0.15) is 201 Å². The smallest absolute Gasteiger partial charge is 0.306 e. The topological polar surface area (TPSA) is 61.8 Å². The van der Waals surface area contributed by atoms with E-state index in [4.69, 9.17) is 14.2 Å². The van der Waals surface area contributed by atoms with Crippen molar-refractivity contribution in [3.63, 3.8) is 0 Å². The number of allylic oxidation sites excluding steroid dienone is 16. The number of ether oxygens (including phenoxy) is 3. The highest BCUT2D eigenvalue weighted by molar-refractivity contribution is 5.70. The second-order valence-electron chi connectivity index (χ2n) is 15.3. The molecular formula is C53H88O5. The van der Waals surface area contributed by atoms with Crippen molar-refractivity contribution in [3.8, 4) is 0 Å². The van der Waals surface area contributed by atoms with Crippen molar-refractivity contribution in [1.82, 2.24) is 0 Å². The second-order valence-corrected chi connectivity index (χ2v) is 15.3. The van der Waals surface area contributed by atoms with Crippen molar-refractivity contribution in [2.45, 2.75) is 207 Å². The Morgan fingerprint density at radius 3 is 1.24 bits per heavy atom. The van der Waals surface area contributed by atoms with Gasteiger partial charge in [-0.2, -0.15) is 0 Å². The number of unbranched alkanes of at least 4 members (excludes halogenated alkanes) is 15. The molecule has 5 nitrogen and oxygen atoms in total. The molecule has 0 saturated heterocycles. The van der Waals surface area contributed by atoms with Gasteiger partial charge in [-0.15, -0.1) is 0 Å². The molecule has 0 aromatic rings. The zero-order chi connectivity index (χ0) is 42.1. The highest BCUT2D eigenvalue weighted by Gasteiger charge is 2.17. The molecule has 0 amide bonds. The lowest BCUT2D eigenvalue weighted by atomic mass is 10.1. The molecule has 0 N–H and O–H groups in total. The van der Waals surface area contributed by atoms with Crippen LogP contribution in [0, 0.1) is 0 Å². The first-order valence-electron chi connectivity index (χ1n) is 23.8. The number of hydrogen-bond acceptors (Lipinski definition) is 5. The summed E-state index contributed by atoms with van der Waals surface area (Å²) in [5.41, 5.74) is 0. The summed E-state index contributed by atoms with van der Waals surface area (Å²) in [6.07, 6.45) is 64.3. The summed E-state index contributed by atoms with van der Waals surface area (Å²) in [5, 5.41) is 0. The van der Waals surface area contributed by atoms with Crippen LogP contribution in [-0.2, 0) is 23.8 Å². The monoisotopic (exact) mass is 805 g/mol. The fraction of sp³-hybridized carbons (Fsp3) is 0.660. The van der Waals surface area contributed by atoms with Crippen LogP contribution < -0.4 is 0 Å². The SMILES string of the molecule is CC/C=C\C/C=C\C/C=C\C/C=C\C/C=C\CCCCOCC(COC(=O)CCCCCCCCC/C=C\C/C=C\C/C=C\CC)OC(=O)CCCCCCCCC. The molecule has 0 aliphatic rings. The van der Waals surface area contributed by atoms with Gasteiger partial charge in [0.25, 0.3) is 0 Å². The first-order valence-corrected chi connectivity index (χ1v) is 23.8. The number of esters is 2. The molecule has 0 aliphatic heterocycles. The van der Waals surface area contributed by atoms with E-state index in [9.17, 15) is 9.59 Å². The maximum absolute atomic E-state index is 12.6. The highest BCUT2D eigenvalue weighted by Crippen LogP contribution is 2.13. The van der Waals surface area contributed by atoms with Gasteiger partial charge < -0.3 is 14.2 Å². The molecule has 0 fully saturated rings. The molecule has 0 rings (SSSR count). The summed E-state index contributed by atoms with van der Waals surface area (Å²) in [6.45, 7) is 7.44. The Morgan fingerprint density at radius 2 is 0.776 bits per heavy atom. The lowest BCUT2D eigenvalue weighted by Gasteiger charge is -2.18. The number of rotatable bonds is 42. The van der Waals surface area contributed by atoms with Gasteiger partial charge in [0.1, 0.15) is 6.61 Å². The number of carbonyl (C=O) groups is 2. The summed E-state index contributed by atoms with van der Waals surface area (Å²) in [4.78, 5) is 25.2. The van der Waals surface area contributed by atoms with E-state index in [0.29, 0.717) is 19.4 Å². The number of hydrogen-bond donors (Lipinski definition) is 0. The van der Waals surface area contributed by atoms with Gasteiger partial charge in [-0.05, 0) is 96.3 Å². The molecule has 0 heterocycles. The van der Waals surface area contributed by atoms with E-state index in [2.05, 4.69) is 118 Å². The van der Waals surface area contributed by atoms with E-state index < -0.39 is 6.10 Å². The quantitative estimate of drug-likeness (QED) is 0.0349. The molecule has 1 atom stereocenters. The van der Waals surface area contributed by atoms with E-state index in [1.807, 2.05) is 0 Å². The fourth-order valence-corrected chi connectivity index (χ4v) is 6.14. The minimum atomic E-state index is -0.564. The van der Waals surface area contributed by atoms with E-state index in [-0.39, 0.29) is 25.2 Å². The van der Waals surface area contributed by atoms with Gasteiger partial charge in [0, 0.05) is 19.4 Å². The van der Waals surface area contributed by atoms with Crippen LogP contribution in [0.5, 0.6) is 0 Å². The molecule has 1 unspecified atom stereocenters. The molecule has 5 heteroatoms. The van der Waals surface area contributed by atoms with Crippen LogP contribution in [0.25, 0.3) is 0 Å². The van der Waals surface area contributed by atoms with E-state index in [1.165, 1.54) is 51.4 Å². The summed E-state index contributed by atoms with van der Waals surface area (Å²) in [7, 11) is 0. The van der Waals surface area contributed by atoms with Gasteiger partial charge in [-0.1, -0.05) is 189 Å². The molecule has 58 heavy (non-hydrogen) atoms. The van der Waals surface area contributed by atoms with Crippen molar-refractivity contribution in [2.24, 2.45) is 0 Å². The summed E-state index contributed by atoms with van der Waals surface area (Å²) in [6, 6.07) is 0. The summed E-state index contributed by atoms with van der Waals surface area (Å²) >= 11 is 0. The Hall–Kier alpha value is -3.18. The molecule has 0 spiro atoms. The third-order valence-electron chi connectivity index (χ3n) is 9.62. The zero-order valence-electron chi connectivity index (χ0n) is 37.8. The maximum Gasteiger partial charge on any atom is 0.306 e. The third-order valence-corrected chi connectivity index (χ3v) is 9.62. The Balaban J connectivity index is 4.25. The van der Waals surface area contributed by atoms with Crippen LogP contribution in [0.2, 0.25) is 0 Å². The van der Waals surface area contributed by atoms with E-state index in [0.717, 1.165) is 116 Å². The van der Waals surface area contributed by atoms with Crippen molar-refractivity contribution in [2.75, 3.05) is 19.8 Å². The predicted octanol–water partition coefficient (Wildman–Crippen LogP) is 15.9. The molecule has 0 aliphatic carbocycles. The lowest BCUT2D eigenvalue weighted by Crippen LogP contribution is -2.30. The molecule has 330 valence electrons. The molecule has 0 bridgehead atoms. The van der Waals surface area contributed by atoms with Gasteiger partial charge in [0.2, 0.25) is 0 Å². The third kappa shape index (κ3) is 45.5. The molecule has 0 aromatic carbocycles. The van der Waals surface area contributed by atoms with E-state index in [1.54, 1.807) is 0 Å². The van der Waals surface area contributed by atoms with Crippen molar-refractivity contribution < 1.29 is 23.8 Å². The first kappa shape index (κ1) is 54.8. The summed E-state index contributed by atoms with van der Waals surface area (Å²) < 4.78 is 17.2. The van der Waals surface area contributed by atoms with Crippen molar-refractivity contribution in [3.05, 3.63) is 97.2 Å². The van der Waals surface area contributed by atoms with Gasteiger partial charge >= 0.3 is 11.9 Å². The normalized spacial score (nSPS) is 13.1. The fourth-order valence-electron chi connectivity index (χ4n) is 6.14. The predicted molar refractivity (Wildman–Crippen MR) is 251 cm³/mol. The Labute approximate surface area is 358 Å². The van der Waals surface area contributed by atoms with Gasteiger partial charge in [-0.3, -0.25) is 9.59 Å². The average molecular weight is 805 g/mol. The molecule has 0 radical (unpaired) electrons. The van der Waals surface area contributed by atoms with Gasteiger partial charge in [-0.25, -0.2) is 0 Å². The highest BCUT2D eigenvalue weighted by atomic mass is 16.6. The molecule has 0 aromatic heterocycles. The van der Waals surface area contributed by atoms with Gasteiger partial charge in [0.15, 0.2) is 6.10 Å². The largest absolute Gasteiger partial charge is 0.462 e. The Bertz CT molecular complexity index is 1140. The molecule has 0 saturated carbocycles. The van der Waals surface area contributed by atoms with Crippen LogP contribution in [0.15, 0.2) is 97.2 Å². The molecular weight excluding hydrogens is 717 g/mol. The average Bonchev–Trinajstić information content (AvgIpc) is 3.22. The van der Waals surface area contributed by atoms with Crippen LogP contribution in [-0.4, -0.2) is 37.9 Å². The van der Waals surface area contributed by atoms with Crippen molar-refractivity contribution >= 4 is 11.9 Å². The van der Waals surface area contributed by atoms with Crippen LogP contribution in [0.4, 0.5) is 0 Å². The minimum absolute atomic E-state index is 0.0582. The Morgan fingerprint density at radius 1 is 0.397 bits per heavy atom. The maximum atomic E-state index is 12.6. The van der Waals surface area contributed by atoms with Crippen molar-refractivity contribution in [1.29, 1.82) is 0 Å². The Kier molecular flexibility index (Phi) is 45.5. The van der Waals surface area contributed by atoms with Crippen LogP contribution >= 0.6 is 0 Å². The lowest BCUT2D eigenvalue weighted by molar-refractivity contribution is -0.163. The van der Waals surface area contributed by atoms with Gasteiger partial charge in [0.05, 0.1) is 6.61 Å². The number of carbonyl (C=O) groups excluding carboxylic acids is 2. The summed E-state index contributed by atoms with van der Waals surface area (Å²) in [5.74, 6) is -0.444.